The van der Waals surface area contributed by atoms with Crippen molar-refractivity contribution in [1.82, 2.24) is 10.2 Å². The smallest absolute Gasteiger partial charge is 0.253 e. The van der Waals surface area contributed by atoms with Gasteiger partial charge < -0.3 is 20.9 Å². The van der Waals surface area contributed by atoms with Crippen LogP contribution in [-0.4, -0.2) is 42.3 Å². The minimum absolute atomic E-state index is 0.0212. The van der Waals surface area contributed by atoms with E-state index in [9.17, 15) is 14.4 Å². The van der Waals surface area contributed by atoms with Crippen molar-refractivity contribution >= 4 is 29.1 Å². The van der Waals surface area contributed by atoms with Gasteiger partial charge in [-0.15, -0.1) is 0 Å². The Morgan fingerprint density at radius 3 is 2.12 bits per heavy atom. The van der Waals surface area contributed by atoms with Crippen LogP contribution < -0.4 is 16.0 Å². The van der Waals surface area contributed by atoms with Crippen LogP contribution in [0.15, 0.2) is 78.9 Å². The Bertz CT molecular complexity index is 1130. The number of nitrogens with zero attached hydrogens (tertiary/aromatic N) is 1. The maximum absolute atomic E-state index is 12.5. The lowest BCUT2D eigenvalue weighted by Gasteiger charge is -2.19. The molecule has 176 valence electrons. The fraction of sp³-hybridized carbons (Fsp3) is 0.222. The molecule has 3 aromatic rings. The van der Waals surface area contributed by atoms with Crippen molar-refractivity contribution in [3.63, 3.8) is 0 Å². The molecule has 3 rings (SSSR count). The van der Waals surface area contributed by atoms with Gasteiger partial charge in [0.2, 0.25) is 5.91 Å². The molecule has 7 nitrogen and oxygen atoms in total. The fourth-order valence-electron chi connectivity index (χ4n) is 3.46. The Hall–Kier alpha value is -4.13. The van der Waals surface area contributed by atoms with Gasteiger partial charge in [0, 0.05) is 42.1 Å². The van der Waals surface area contributed by atoms with Gasteiger partial charge in [0.15, 0.2) is 0 Å². The zero-order valence-corrected chi connectivity index (χ0v) is 19.5. The number of amides is 3. The molecule has 34 heavy (non-hydrogen) atoms. The van der Waals surface area contributed by atoms with E-state index in [-0.39, 0.29) is 24.3 Å². The predicted octanol–water partition coefficient (Wildman–Crippen LogP) is 4.15. The molecular formula is C27H30N4O3. The van der Waals surface area contributed by atoms with Crippen LogP contribution in [0.4, 0.5) is 11.4 Å². The first-order chi connectivity index (χ1) is 16.5. The van der Waals surface area contributed by atoms with Crippen LogP contribution in [0.2, 0.25) is 0 Å². The van der Waals surface area contributed by atoms with Crippen LogP contribution in [-0.2, 0) is 11.3 Å². The van der Waals surface area contributed by atoms with Gasteiger partial charge in [-0.1, -0.05) is 42.5 Å². The number of rotatable bonds is 10. The first kappa shape index (κ1) is 24.5. The van der Waals surface area contributed by atoms with Crippen LogP contribution in [0.5, 0.6) is 0 Å². The molecule has 0 radical (unpaired) electrons. The third-order valence-corrected chi connectivity index (χ3v) is 5.32. The van der Waals surface area contributed by atoms with Crippen LogP contribution in [0.25, 0.3) is 0 Å². The highest BCUT2D eigenvalue weighted by atomic mass is 16.2. The lowest BCUT2D eigenvalue weighted by Crippen LogP contribution is -2.30. The number of hydrogen-bond acceptors (Lipinski definition) is 4. The SMILES string of the molecule is CCN(CC)C(=O)c1cccc(NCC(=O)Nc2cccc(C(=O)NCc3ccccc3)c2)c1. The quantitative estimate of drug-likeness (QED) is 0.426. The maximum Gasteiger partial charge on any atom is 0.253 e. The van der Waals surface area contributed by atoms with E-state index in [1.807, 2.05) is 50.2 Å². The molecule has 0 saturated carbocycles. The lowest BCUT2D eigenvalue weighted by atomic mass is 10.1. The van der Waals surface area contributed by atoms with Crippen LogP contribution in [0.1, 0.15) is 40.1 Å². The average molecular weight is 459 g/mol. The molecule has 3 N–H and O–H groups in total. The van der Waals surface area contributed by atoms with Gasteiger partial charge in [0.05, 0.1) is 6.54 Å². The minimum Gasteiger partial charge on any atom is -0.376 e. The summed E-state index contributed by atoms with van der Waals surface area (Å²) in [5.41, 5.74) is 3.26. The van der Waals surface area contributed by atoms with Crippen molar-refractivity contribution in [2.45, 2.75) is 20.4 Å². The van der Waals surface area contributed by atoms with Crippen molar-refractivity contribution in [3.05, 3.63) is 95.6 Å². The number of benzene rings is 3. The van der Waals surface area contributed by atoms with Crippen molar-refractivity contribution in [2.75, 3.05) is 30.3 Å². The van der Waals surface area contributed by atoms with Crippen molar-refractivity contribution < 1.29 is 14.4 Å². The third-order valence-electron chi connectivity index (χ3n) is 5.32. The molecule has 7 heteroatoms. The van der Waals surface area contributed by atoms with Crippen molar-refractivity contribution in [2.24, 2.45) is 0 Å². The summed E-state index contributed by atoms with van der Waals surface area (Å²) < 4.78 is 0. The molecule has 0 aromatic heterocycles. The number of carbonyl (C=O) groups excluding carboxylic acids is 3. The Morgan fingerprint density at radius 1 is 0.765 bits per heavy atom. The number of hydrogen-bond donors (Lipinski definition) is 3. The fourth-order valence-corrected chi connectivity index (χ4v) is 3.46. The molecular weight excluding hydrogens is 428 g/mol. The van der Waals surface area contributed by atoms with Gasteiger partial charge in [0.25, 0.3) is 11.8 Å². The van der Waals surface area contributed by atoms with Crippen LogP contribution in [0.3, 0.4) is 0 Å². The van der Waals surface area contributed by atoms with Crippen molar-refractivity contribution in [1.29, 1.82) is 0 Å². The summed E-state index contributed by atoms with van der Waals surface area (Å²) in [7, 11) is 0. The van der Waals surface area contributed by atoms with E-state index in [0.717, 1.165) is 5.56 Å². The van der Waals surface area contributed by atoms with Gasteiger partial charge in [0.1, 0.15) is 0 Å². The Balaban J connectivity index is 1.54. The van der Waals surface area contributed by atoms with E-state index < -0.39 is 0 Å². The summed E-state index contributed by atoms with van der Waals surface area (Å²) in [4.78, 5) is 39.2. The summed E-state index contributed by atoms with van der Waals surface area (Å²) in [6.07, 6.45) is 0. The van der Waals surface area contributed by atoms with Gasteiger partial charge in [-0.25, -0.2) is 0 Å². The largest absolute Gasteiger partial charge is 0.376 e. The molecule has 0 bridgehead atoms. The molecule has 3 aromatic carbocycles. The highest BCUT2D eigenvalue weighted by Crippen LogP contribution is 2.14. The normalized spacial score (nSPS) is 10.3. The average Bonchev–Trinajstić information content (AvgIpc) is 2.87. The van der Waals surface area contributed by atoms with Crippen LogP contribution >= 0.6 is 0 Å². The zero-order valence-electron chi connectivity index (χ0n) is 19.5. The van der Waals surface area contributed by atoms with E-state index >= 15 is 0 Å². The number of carbonyl (C=O) groups is 3. The standard InChI is InChI=1S/C27H30N4O3/c1-3-31(4-2)27(34)22-13-9-14-23(17-22)28-19-25(32)30-24-15-8-12-21(16-24)26(33)29-18-20-10-6-5-7-11-20/h5-17,28H,3-4,18-19H2,1-2H3,(H,29,33)(H,30,32). The number of anilines is 2. The predicted molar refractivity (Wildman–Crippen MR) is 135 cm³/mol. The van der Waals surface area contributed by atoms with E-state index in [0.29, 0.717) is 42.1 Å². The molecule has 0 aliphatic heterocycles. The van der Waals surface area contributed by atoms with Gasteiger partial charge in [-0.2, -0.15) is 0 Å². The molecule has 3 amide bonds. The summed E-state index contributed by atoms with van der Waals surface area (Å²) in [5.74, 6) is -0.518. The lowest BCUT2D eigenvalue weighted by molar-refractivity contribution is -0.114. The Kier molecular flexibility index (Phi) is 8.80. The Morgan fingerprint density at radius 2 is 1.41 bits per heavy atom. The summed E-state index contributed by atoms with van der Waals surface area (Å²) in [6, 6.07) is 23.6. The highest BCUT2D eigenvalue weighted by molar-refractivity contribution is 5.98. The second kappa shape index (κ2) is 12.2. The molecule has 0 spiro atoms. The first-order valence-electron chi connectivity index (χ1n) is 11.4. The van der Waals surface area contributed by atoms with Gasteiger partial charge >= 0.3 is 0 Å². The Labute approximate surface area is 200 Å². The van der Waals surface area contributed by atoms with Gasteiger partial charge in [-0.3, -0.25) is 14.4 Å². The second-order valence-corrected chi connectivity index (χ2v) is 7.71. The minimum atomic E-state index is -0.262. The molecule has 0 saturated heterocycles. The summed E-state index contributed by atoms with van der Waals surface area (Å²) >= 11 is 0. The topological polar surface area (TPSA) is 90.5 Å². The molecule has 0 atom stereocenters. The molecule has 0 heterocycles. The third kappa shape index (κ3) is 6.93. The summed E-state index contributed by atoms with van der Waals surface area (Å²) in [5, 5.41) is 8.73. The monoisotopic (exact) mass is 458 g/mol. The zero-order chi connectivity index (χ0) is 24.3. The first-order valence-corrected chi connectivity index (χ1v) is 11.4. The molecule has 0 aliphatic rings. The van der Waals surface area contributed by atoms with Gasteiger partial charge in [-0.05, 0) is 55.8 Å². The van der Waals surface area contributed by atoms with Crippen molar-refractivity contribution in [3.8, 4) is 0 Å². The maximum atomic E-state index is 12.5. The van der Waals surface area contributed by atoms with E-state index in [2.05, 4.69) is 16.0 Å². The van der Waals surface area contributed by atoms with E-state index in [4.69, 9.17) is 0 Å². The molecule has 0 unspecified atom stereocenters. The highest BCUT2D eigenvalue weighted by Gasteiger charge is 2.13. The summed E-state index contributed by atoms with van der Waals surface area (Å²) in [6.45, 7) is 5.60. The molecule has 0 aliphatic carbocycles. The number of nitrogens with one attached hydrogen (secondary N) is 3. The van der Waals surface area contributed by atoms with E-state index in [1.54, 1.807) is 47.4 Å². The second-order valence-electron chi connectivity index (χ2n) is 7.71. The molecule has 0 fully saturated rings. The van der Waals surface area contributed by atoms with E-state index in [1.165, 1.54) is 0 Å². The van der Waals surface area contributed by atoms with Crippen LogP contribution in [0, 0.1) is 0 Å².